The molecule has 0 aliphatic carbocycles. The highest BCUT2D eigenvalue weighted by Gasteiger charge is 2.09. The predicted molar refractivity (Wildman–Crippen MR) is 70.5 cm³/mol. The van der Waals surface area contributed by atoms with E-state index in [1.54, 1.807) is 0 Å². The lowest BCUT2D eigenvalue weighted by Gasteiger charge is -2.16. The third-order valence-electron chi connectivity index (χ3n) is 2.54. The van der Waals surface area contributed by atoms with Gasteiger partial charge in [0.1, 0.15) is 0 Å². The maximum atomic E-state index is 5.97. The van der Waals surface area contributed by atoms with Gasteiger partial charge in [-0.15, -0.1) is 0 Å². The molecule has 0 saturated heterocycles. The molecule has 0 spiro atoms. The largest absolute Gasteiger partial charge is 0.313 e. The van der Waals surface area contributed by atoms with Gasteiger partial charge in [0.25, 0.3) is 0 Å². The summed E-state index contributed by atoms with van der Waals surface area (Å²) in [5, 5.41) is 4.10. The van der Waals surface area contributed by atoms with E-state index >= 15 is 0 Å². The molecule has 0 heterocycles. The van der Waals surface area contributed by atoms with Gasteiger partial charge in [-0.25, -0.2) is 0 Å². The quantitative estimate of drug-likeness (QED) is 0.838. The molecule has 3 heteroatoms. The Morgan fingerprint density at radius 2 is 2.20 bits per heavy atom. The summed E-state index contributed by atoms with van der Waals surface area (Å²) in [6.07, 6.45) is 3.64. The van der Waals surface area contributed by atoms with E-state index in [-0.39, 0.29) is 0 Å². The van der Waals surface area contributed by atoms with Crippen molar-refractivity contribution in [1.29, 1.82) is 0 Å². The Morgan fingerprint density at radius 1 is 1.47 bits per heavy atom. The Labute approximate surface area is 105 Å². The standard InChI is InChI=1S/C12H17BrClN/c1-3-4-5-12(15-2)9-6-7-11(14)10(13)8-9/h6-8,12,15H,3-5H2,1-2H3. The maximum absolute atomic E-state index is 5.97. The van der Waals surface area contributed by atoms with Crippen molar-refractivity contribution in [3.05, 3.63) is 33.3 Å². The van der Waals surface area contributed by atoms with Crippen molar-refractivity contribution in [3.63, 3.8) is 0 Å². The van der Waals surface area contributed by atoms with Crippen LogP contribution in [0.5, 0.6) is 0 Å². The molecule has 0 saturated carbocycles. The molecule has 1 nitrogen and oxygen atoms in total. The maximum Gasteiger partial charge on any atom is 0.0548 e. The van der Waals surface area contributed by atoms with Crippen LogP contribution >= 0.6 is 27.5 Å². The monoisotopic (exact) mass is 289 g/mol. The Kier molecular flexibility index (Phi) is 5.65. The minimum atomic E-state index is 0.429. The van der Waals surface area contributed by atoms with Gasteiger partial charge in [0.05, 0.1) is 5.02 Å². The van der Waals surface area contributed by atoms with Gasteiger partial charge in [0, 0.05) is 10.5 Å². The Morgan fingerprint density at radius 3 is 2.73 bits per heavy atom. The van der Waals surface area contributed by atoms with Crippen LogP contribution in [0.15, 0.2) is 22.7 Å². The highest BCUT2D eigenvalue weighted by molar-refractivity contribution is 9.10. The van der Waals surface area contributed by atoms with Gasteiger partial charge in [-0.05, 0) is 47.1 Å². The summed E-state index contributed by atoms with van der Waals surface area (Å²) in [5.41, 5.74) is 1.29. The van der Waals surface area contributed by atoms with Crippen molar-refractivity contribution < 1.29 is 0 Å². The molecule has 0 bridgehead atoms. The molecule has 0 amide bonds. The van der Waals surface area contributed by atoms with Gasteiger partial charge in [0.2, 0.25) is 0 Å². The zero-order chi connectivity index (χ0) is 11.3. The number of benzene rings is 1. The second kappa shape index (κ2) is 6.51. The highest BCUT2D eigenvalue weighted by Crippen LogP contribution is 2.27. The van der Waals surface area contributed by atoms with E-state index in [2.05, 4.69) is 40.3 Å². The lowest BCUT2D eigenvalue weighted by Crippen LogP contribution is -2.16. The normalized spacial score (nSPS) is 12.8. The summed E-state index contributed by atoms with van der Waals surface area (Å²) >= 11 is 9.42. The van der Waals surface area contributed by atoms with Gasteiger partial charge in [-0.2, -0.15) is 0 Å². The first-order valence-electron chi connectivity index (χ1n) is 5.31. The number of unbranched alkanes of at least 4 members (excludes halogenated alkanes) is 1. The van der Waals surface area contributed by atoms with Crippen molar-refractivity contribution in [3.8, 4) is 0 Å². The third-order valence-corrected chi connectivity index (χ3v) is 3.75. The highest BCUT2D eigenvalue weighted by atomic mass is 79.9. The first-order chi connectivity index (χ1) is 7.19. The predicted octanol–water partition coefficient (Wildman–Crippen LogP) is 4.55. The number of rotatable bonds is 5. The molecule has 1 N–H and O–H groups in total. The summed E-state index contributed by atoms with van der Waals surface area (Å²) in [4.78, 5) is 0. The zero-order valence-electron chi connectivity index (χ0n) is 9.19. The van der Waals surface area contributed by atoms with Gasteiger partial charge in [-0.3, -0.25) is 0 Å². The van der Waals surface area contributed by atoms with Crippen LogP contribution in [0.3, 0.4) is 0 Å². The van der Waals surface area contributed by atoms with Crippen molar-refractivity contribution in [1.82, 2.24) is 5.32 Å². The van der Waals surface area contributed by atoms with Crippen LogP contribution in [0, 0.1) is 0 Å². The number of halogens is 2. The minimum absolute atomic E-state index is 0.429. The molecular formula is C12H17BrClN. The van der Waals surface area contributed by atoms with E-state index in [1.165, 1.54) is 24.8 Å². The van der Waals surface area contributed by atoms with Crippen molar-refractivity contribution in [2.24, 2.45) is 0 Å². The molecule has 0 fully saturated rings. The molecule has 0 aliphatic heterocycles. The van der Waals surface area contributed by atoms with E-state index < -0.39 is 0 Å². The lowest BCUT2D eigenvalue weighted by molar-refractivity contribution is 0.522. The number of hydrogen-bond acceptors (Lipinski definition) is 1. The van der Waals surface area contributed by atoms with Crippen molar-refractivity contribution in [2.45, 2.75) is 32.2 Å². The van der Waals surface area contributed by atoms with Crippen LogP contribution in [0.4, 0.5) is 0 Å². The lowest BCUT2D eigenvalue weighted by atomic mass is 10.0. The van der Waals surface area contributed by atoms with E-state index in [0.29, 0.717) is 6.04 Å². The molecule has 0 aliphatic rings. The molecule has 1 unspecified atom stereocenters. The first-order valence-corrected chi connectivity index (χ1v) is 6.48. The van der Waals surface area contributed by atoms with E-state index in [9.17, 15) is 0 Å². The third kappa shape index (κ3) is 3.78. The van der Waals surface area contributed by atoms with E-state index in [0.717, 1.165) is 9.50 Å². The molecule has 0 aromatic heterocycles. The van der Waals surface area contributed by atoms with E-state index in [4.69, 9.17) is 11.6 Å². The molecule has 1 aromatic rings. The van der Waals surface area contributed by atoms with Crippen LogP contribution in [-0.4, -0.2) is 7.05 Å². The smallest absolute Gasteiger partial charge is 0.0548 e. The average molecular weight is 291 g/mol. The second-order valence-electron chi connectivity index (χ2n) is 3.66. The number of hydrogen-bond donors (Lipinski definition) is 1. The summed E-state index contributed by atoms with van der Waals surface area (Å²) in [5.74, 6) is 0. The second-order valence-corrected chi connectivity index (χ2v) is 4.92. The van der Waals surface area contributed by atoms with Crippen molar-refractivity contribution >= 4 is 27.5 Å². The van der Waals surface area contributed by atoms with E-state index in [1.807, 2.05) is 13.1 Å². The van der Waals surface area contributed by atoms with Gasteiger partial charge in [0.15, 0.2) is 0 Å². The molecule has 1 atom stereocenters. The summed E-state index contributed by atoms with van der Waals surface area (Å²) in [7, 11) is 2.00. The average Bonchev–Trinajstić information content (AvgIpc) is 2.24. The summed E-state index contributed by atoms with van der Waals surface area (Å²) < 4.78 is 0.971. The van der Waals surface area contributed by atoms with Crippen LogP contribution in [0.1, 0.15) is 37.8 Å². The zero-order valence-corrected chi connectivity index (χ0v) is 11.5. The molecule has 84 valence electrons. The Bertz CT molecular complexity index is 314. The SMILES string of the molecule is CCCCC(NC)c1ccc(Cl)c(Br)c1. The fourth-order valence-electron chi connectivity index (χ4n) is 1.62. The van der Waals surface area contributed by atoms with Gasteiger partial charge >= 0.3 is 0 Å². The Hall–Kier alpha value is -0.0500. The Balaban J connectivity index is 2.78. The van der Waals surface area contributed by atoms with Crippen LogP contribution in [0.2, 0.25) is 5.02 Å². The van der Waals surface area contributed by atoms with Gasteiger partial charge < -0.3 is 5.32 Å². The van der Waals surface area contributed by atoms with Crippen molar-refractivity contribution in [2.75, 3.05) is 7.05 Å². The molecule has 0 radical (unpaired) electrons. The van der Waals surface area contributed by atoms with Crippen LogP contribution in [-0.2, 0) is 0 Å². The topological polar surface area (TPSA) is 12.0 Å². The molecule has 15 heavy (non-hydrogen) atoms. The fraction of sp³-hybridized carbons (Fsp3) is 0.500. The molecule has 1 rings (SSSR count). The van der Waals surface area contributed by atoms with Gasteiger partial charge in [-0.1, -0.05) is 37.4 Å². The summed E-state index contributed by atoms with van der Waals surface area (Å²) in [6, 6.07) is 6.55. The number of nitrogens with one attached hydrogen (secondary N) is 1. The first kappa shape index (κ1) is 13.0. The van der Waals surface area contributed by atoms with Crippen LogP contribution in [0.25, 0.3) is 0 Å². The minimum Gasteiger partial charge on any atom is -0.313 e. The molecular weight excluding hydrogens is 273 g/mol. The van der Waals surface area contributed by atoms with Crippen LogP contribution < -0.4 is 5.32 Å². The summed E-state index contributed by atoms with van der Waals surface area (Å²) in [6.45, 7) is 2.21. The molecule has 1 aromatic carbocycles. The fourth-order valence-corrected chi connectivity index (χ4v) is 2.13.